The topological polar surface area (TPSA) is 200 Å². The zero-order valence-electron chi connectivity index (χ0n) is 29.5. The van der Waals surface area contributed by atoms with Crippen molar-refractivity contribution in [3.05, 3.63) is 24.5 Å². The van der Waals surface area contributed by atoms with Gasteiger partial charge in [0.05, 0.1) is 37.0 Å². The minimum absolute atomic E-state index is 0.182. The van der Waals surface area contributed by atoms with Gasteiger partial charge in [-0.2, -0.15) is 0 Å². The number of carboxylic acid groups (broad SMARTS) is 1. The van der Waals surface area contributed by atoms with Gasteiger partial charge in [0, 0.05) is 44.7 Å². The number of rotatable bonds is 14. The van der Waals surface area contributed by atoms with Crippen LogP contribution < -0.4 is 30.3 Å². The van der Waals surface area contributed by atoms with Gasteiger partial charge in [0.25, 0.3) is 0 Å². The minimum Gasteiger partial charge on any atom is -0.487 e. The van der Waals surface area contributed by atoms with E-state index in [-0.39, 0.29) is 24.2 Å². The van der Waals surface area contributed by atoms with E-state index in [1.54, 1.807) is 69.6 Å². The number of carbonyl (C=O) groups is 4. The largest absolute Gasteiger partial charge is 0.487 e. The predicted octanol–water partition coefficient (Wildman–Crippen LogP) is 5.54. The van der Waals surface area contributed by atoms with Gasteiger partial charge in [-0.1, -0.05) is 13.8 Å². The van der Waals surface area contributed by atoms with Crippen molar-refractivity contribution < 1.29 is 48.0 Å². The molecule has 0 aliphatic carbocycles. The normalized spacial score (nSPS) is 11.0. The van der Waals surface area contributed by atoms with Crippen molar-refractivity contribution in [2.24, 2.45) is 0 Å². The maximum atomic E-state index is 12.0. The van der Waals surface area contributed by atoms with Crippen molar-refractivity contribution >= 4 is 47.0 Å². The number of amides is 4. The molecule has 0 radical (unpaired) electrons. The lowest BCUT2D eigenvalue weighted by Gasteiger charge is -2.34. The highest BCUT2D eigenvalue weighted by atomic mass is 16.6. The lowest BCUT2D eigenvalue weighted by molar-refractivity contribution is -0.116. The van der Waals surface area contributed by atoms with E-state index in [4.69, 9.17) is 23.7 Å². The van der Waals surface area contributed by atoms with Crippen molar-refractivity contribution in [1.82, 2.24) is 9.97 Å². The van der Waals surface area contributed by atoms with E-state index in [0.29, 0.717) is 61.4 Å². The molecular weight excluding hydrogens is 628 g/mol. The molecule has 16 nitrogen and oxygen atoms in total. The van der Waals surface area contributed by atoms with Crippen LogP contribution in [0.15, 0.2) is 24.5 Å². The second-order valence-electron chi connectivity index (χ2n) is 12.0. The first-order chi connectivity index (χ1) is 22.4. The van der Waals surface area contributed by atoms with Crippen LogP contribution in [0.5, 0.6) is 11.5 Å². The van der Waals surface area contributed by atoms with Gasteiger partial charge in [-0.05, 0) is 41.5 Å². The maximum absolute atomic E-state index is 12.0. The van der Waals surface area contributed by atoms with Crippen LogP contribution in [0.1, 0.15) is 68.2 Å². The number of methoxy groups -OCH3 is 2. The van der Waals surface area contributed by atoms with E-state index in [2.05, 4.69) is 25.9 Å². The predicted molar refractivity (Wildman–Crippen MR) is 181 cm³/mol. The first-order valence-electron chi connectivity index (χ1n) is 15.3. The van der Waals surface area contributed by atoms with Crippen molar-refractivity contribution in [2.45, 2.75) is 79.4 Å². The molecule has 2 heterocycles. The molecule has 0 aliphatic rings. The molecule has 2 aromatic heterocycles. The first-order valence-corrected chi connectivity index (χ1v) is 15.3. The molecule has 0 bridgehead atoms. The summed E-state index contributed by atoms with van der Waals surface area (Å²) in [4.78, 5) is 56.2. The molecule has 2 aromatic rings. The molecule has 4 N–H and O–H groups in total. The van der Waals surface area contributed by atoms with Gasteiger partial charge in [-0.3, -0.25) is 19.8 Å². The molecule has 0 fully saturated rings. The summed E-state index contributed by atoms with van der Waals surface area (Å²) in [6.45, 7) is 15.4. The number of ether oxygens (including phenoxy) is 5. The average Bonchev–Trinajstić information content (AvgIpc) is 2.97. The van der Waals surface area contributed by atoms with Crippen LogP contribution >= 0.6 is 0 Å². The summed E-state index contributed by atoms with van der Waals surface area (Å²) in [5, 5.41) is 17.5. The van der Waals surface area contributed by atoms with Gasteiger partial charge >= 0.3 is 12.2 Å². The van der Waals surface area contributed by atoms with Crippen molar-refractivity contribution in [3.63, 3.8) is 0 Å². The molecule has 268 valence electrons. The summed E-state index contributed by atoms with van der Waals surface area (Å²) in [5.41, 5.74) is -0.680. The van der Waals surface area contributed by atoms with Crippen LogP contribution in [-0.4, -0.2) is 90.9 Å². The molecule has 0 unspecified atom stereocenters. The number of aromatic nitrogens is 2. The van der Waals surface area contributed by atoms with Crippen molar-refractivity contribution in [1.29, 1.82) is 0 Å². The Morgan fingerprint density at radius 2 is 1.23 bits per heavy atom. The van der Waals surface area contributed by atoms with Crippen LogP contribution in [0, 0.1) is 0 Å². The van der Waals surface area contributed by atoms with Crippen LogP contribution in [0.4, 0.5) is 32.6 Å². The lowest BCUT2D eigenvalue weighted by atomic mass is 10.1. The standard InChI is InChI=1S/2C16H25N3O5/c1-6-14(20)18-13-9-11(19(15(21)22)16(2,3)4)12(10-17-13)24-8-7-23-5;1-6-14(20)19-13-9-11(18-15(21)24-16(2,3)4)12(10-17-13)23-8-7-22-5/h9-10H,6-8H2,1-5H3,(H,21,22)(H,17,18,20);9-10H,6-8H2,1-5H3,(H2,17,18,19,20,21). The maximum Gasteiger partial charge on any atom is 0.412 e. The third kappa shape index (κ3) is 15.3. The molecule has 0 aliphatic heterocycles. The fourth-order valence-electron chi connectivity index (χ4n) is 3.61. The number of hydrogen-bond acceptors (Lipinski definition) is 11. The molecule has 0 saturated carbocycles. The lowest BCUT2D eigenvalue weighted by Crippen LogP contribution is -2.45. The fraction of sp³-hybridized carbons (Fsp3) is 0.562. The highest BCUT2D eigenvalue weighted by molar-refractivity contribution is 5.94. The SMILES string of the molecule is CCC(=O)Nc1cc(N(C(=O)O)C(C)(C)C)c(OCCOC)cn1.CCC(=O)Nc1cc(NC(=O)OC(C)(C)C)c(OCCOC)cn1. The average molecular weight is 679 g/mol. The molecule has 0 atom stereocenters. The Morgan fingerprint density at radius 1 is 0.750 bits per heavy atom. The van der Waals surface area contributed by atoms with Gasteiger partial charge < -0.3 is 39.4 Å². The zero-order valence-corrected chi connectivity index (χ0v) is 29.5. The Labute approximate surface area is 281 Å². The van der Waals surface area contributed by atoms with E-state index >= 15 is 0 Å². The minimum atomic E-state index is -1.13. The second kappa shape index (κ2) is 19.8. The van der Waals surface area contributed by atoms with Crippen LogP contribution in [-0.2, 0) is 23.8 Å². The number of anilines is 4. The Balaban J connectivity index is 0.000000480. The van der Waals surface area contributed by atoms with E-state index in [0.717, 1.165) is 0 Å². The second-order valence-corrected chi connectivity index (χ2v) is 12.0. The summed E-state index contributed by atoms with van der Waals surface area (Å²) in [6, 6.07) is 3.01. The third-order valence-corrected chi connectivity index (χ3v) is 5.72. The Morgan fingerprint density at radius 3 is 1.67 bits per heavy atom. The molecule has 48 heavy (non-hydrogen) atoms. The molecule has 0 aromatic carbocycles. The first kappa shape index (κ1) is 41.3. The van der Waals surface area contributed by atoms with Gasteiger partial charge in [0.1, 0.15) is 30.5 Å². The summed E-state index contributed by atoms with van der Waals surface area (Å²) >= 11 is 0. The van der Waals surface area contributed by atoms with E-state index < -0.39 is 23.3 Å². The van der Waals surface area contributed by atoms with E-state index in [9.17, 15) is 24.3 Å². The number of nitrogens with one attached hydrogen (secondary N) is 3. The van der Waals surface area contributed by atoms with Crippen molar-refractivity contribution in [2.75, 3.05) is 61.5 Å². The van der Waals surface area contributed by atoms with Crippen LogP contribution in [0.3, 0.4) is 0 Å². The number of hydrogen-bond donors (Lipinski definition) is 4. The number of nitrogens with zero attached hydrogens (tertiary/aromatic N) is 3. The number of pyridine rings is 2. The van der Waals surface area contributed by atoms with Crippen LogP contribution in [0.2, 0.25) is 0 Å². The summed E-state index contributed by atoms with van der Waals surface area (Å²) in [6.07, 6.45) is 1.69. The number of carbonyl (C=O) groups excluding carboxylic acids is 3. The molecule has 4 amide bonds. The van der Waals surface area contributed by atoms with Gasteiger partial charge in [0.2, 0.25) is 11.8 Å². The van der Waals surface area contributed by atoms with Gasteiger partial charge in [0.15, 0.2) is 11.5 Å². The van der Waals surface area contributed by atoms with E-state index in [1.807, 2.05) is 0 Å². The molecular formula is C32H50N6O10. The monoisotopic (exact) mass is 678 g/mol. The smallest absolute Gasteiger partial charge is 0.412 e. The Kier molecular flexibility index (Phi) is 17.1. The van der Waals surface area contributed by atoms with Crippen LogP contribution in [0.25, 0.3) is 0 Å². The molecule has 0 spiro atoms. The highest BCUT2D eigenvalue weighted by Gasteiger charge is 2.31. The summed E-state index contributed by atoms with van der Waals surface area (Å²) < 4.78 is 26.2. The quantitative estimate of drug-likeness (QED) is 0.182. The molecule has 0 saturated heterocycles. The Bertz CT molecular complexity index is 1360. The van der Waals surface area contributed by atoms with E-state index in [1.165, 1.54) is 29.4 Å². The molecule has 16 heteroatoms. The summed E-state index contributed by atoms with van der Waals surface area (Å²) in [7, 11) is 3.11. The fourth-order valence-corrected chi connectivity index (χ4v) is 3.61. The summed E-state index contributed by atoms with van der Waals surface area (Å²) in [5.74, 6) is 0.850. The Hall–Kier alpha value is -4.70. The van der Waals surface area contributed by atoms with Gasteiger partial charge in [-0.15, -0.1) is 0 Å². The van der Waals surface area contributed by atoms with Crippen molar-refractivity contribution in [3.8, 4) is 11.5 Å². The molecule has 2 rings (SSSR count). The third-order valence-electron chi connectivity index (χ3n) is 5.72. The highest BCUT2D eigenvalue weighted by Crippen LogP contribution is 2.35. The zero-order chi connectivity index (χ0) is 36.5. The van der Waals surface area contributed by atoms with Gasteiger partial charge in [-0.25, -0.2) is 19.6 Å².